The van der Waals surface area contributed by atoms with Crippen LogP contribution in [0.4, 0.5) is 16.3 Å². The molecule has 6 rings (SSSR count). The molecule has 1 saturated heterocycles. The Morgan fingerprint density at radius 1 is 0.951 bits per heavy atom. The number of likely N-dealkylation sites (tertiary alicyclic amines) is 1. The molecule has 206 valence electrons. The first-order chi connectivity index (χ1) is 20.0. The third kappa shape index (κ3) is 5.35. The van der Waals surface area contributed by atoms with Crippen molar-refractivity contribution in [3.63, 3.8) is 0 Å². The van der Waals surface area contributed by atoms with Crippen LogP contribution in [0.3, 0.4) is 0 Å². The number of ether oxygens (including phenoxy) is 2. The van der Waals surface area contributed by atoms with Crippen LogP contribution >= 0.6 is 0 Å². The van der Waals surface area contributed by atoms with Gasteiger partial charge in [0.1, 0.15) is 35.1 Å². The highest BCUT2D eigenvalue weighted by Gasteiger charge is 2.30. The van der Waals surface area contributed by atoms with Crippen LogP contribution in [-0.2, 0) is 0 Å². The molecule has 3 aromatic carbocycles. The fourth-order valence-electron chi connectivity index (χ4n) is 4.88. The zero-order valence-electron chi connectivity index (χ0n) is 21.8. The Labute approximate surface area is 234 Å². The van der Waals surface area contributed by atoms with Gasteiger partial charge in [0.2, 0.25) is 0 Å². The third-order valence-electron chi connectivity index (χ3n) is 6.88. The van der Waals surface area contributed by atoms with Crippen LogP contribution in [0.15, 0.2) is 85.2 Å². The van der Waals surface area contributed by atoms with Gasteiger partial charge in [0, 0.05) is 30.8 Å². The molecular formula is C29H25N7O5. The Morgan fingerprint density at radius 3 is 2.39 bits per heavy atom. The average molecular weight is 552 g/mol. The van der Waals surface area contributed by atoms with Gasteiger partial charge < -0.3 is 20.1 Å². The van der Waals surface area contributed by atoms with E-state index in [0.717, 1.165) is 24.2 Å². The molecule has 1 fully saturated rings. The van der Waals surface area contributed by atoms with E-state index in [0.29, 0.717) is 41.4 Å². The number of carbonyl (C=O) groups is 1. The van der Waals surface area contributed by atoms with Gasteiger partial charge in [0.25, 0.3) is 5.69 Å². The summed E-state index contributed by atoms with van der Waals surface area (Å²) in [4.78, 5) is 33.6. The molecule has 41 heavy (non-hydrogen) atoms. The molecule has 1 aliphatic heterocycles. The number of nitrogens with two attached hydrogens (primary N) is 1. The zero-order valence-corrected chi connectivity index (χ0v) is 21.8. The van der Waals surface area contributed by atoms with Crippen molar-refractivity contribution in [3.05, 3.63) is 95.3 Å². The number of hydrogen-bond donors (Lipinski definition) is 1. The standard InChI is InChI=1S/C29H25N7O5/c30-27-25-26(19-8-12-23(13-9-19)40-22-6-2-1-3-7-22)33-35(28(25)32-18-31-27)21-5-4-16-34(17-21)29(37)41-24-14-10-20(11-15-24)36(38)39/h1-3,6-15,18,21H,4-5,16-17H2,(H2,30,31,32). The molecule has 1 aliphatic rings. The molecule has 1 amide bonds. The first-order valence-electron chi connectivity index (χ1n) is 13.0. The maximum atomic E-state index is 13.0. The fraction of sp³-hybridized carbons (Fsp3) is 0.172. The maximum Gasteiger partial charge on any atom is 0.415 e. The highest BCUT2D eigenvalue weighted by atomic mass is 16.6. The predicted molar refractivity (Wildman–Crippen MR) is 151 cm³/mol. The fourth-order valence-corrected chi connectivity index (χ4v) is 4.88. The number of nitrogens with zero attached hydrogens (tertiary/aromatic N) is 6. The average Bonchev–Trinajstić information content (AvgIpc) is 3.39. The van der Waals surface area contributed by atoms with Gasteiger partial charge >= 0.3 is 6.09 Å². The topological polar surface area (TPSA) is 152 Å². The van der Waals surface area contributed by atoms with Gasteiger partial charge in [-0.3, -0.25) is 10.1 Å². The quantitative estimate of drug-likeness (QED) is 0.210. The summed E-state index contributed by atoms with van der Waals surface area (Å²) in [6, 6.07) is 22.3. The molecule has 1 unspecified atom stereocenters. The van der Waals surface area contributed by atoms with E-state index >= 15 is 0 Å². The number of rotatable bonds is 6. The summed E-state index contributed by atoms with van der Waals surface area (Å²) in [5.41, 5.74) is 8.26. The van der Waals surface area contributed by atoms with Crippen LogP contribution in [0.5, 0.6) is 17.2 Å². The number of nitro benzene ring substituents is 1. The van der Waals surface area contributed by atoms with Crippen LogP contribution in [0.1, 0.15) is 18.9 Å². The van der Waals surface area contributed by atoms with E-state index in [-0.39, 0.29) is 17.5 Å². The smallest absolute Gasteiger partial charge is 0.415 e. The summed E-state index contributed by atoms with van der Waals surface area (Å²) in [6.45, 7) is 0.851. The van der Waals surface area contributed by atoms with Gasteiger partial charge in [-0.25, -0.2) is 19.4 Å². The first-order valence-corrected chi connectivity index (χ1v) is 13.0. The number of aromatic nitrogens is 4. The number of hydrogen-bond acceptors (Lipinski definition) is 9. The minimum Gasteiger partial charge on any atom is -0.457 e. The van der Waals surface area contributed by atoms with Crippen molar-refractivity contribution >= 4 is 28.6 Å². The number of piperidine rings is 1. The van der Waals surface area contributed by atoms with Gasteiger partial charge in [0.05, 0.1) is 16.4 Å². The summed E-state index contributed by atoms with van der Waals surface area (Å²) in [5, 5.41) is 16.4. The van der Waals surface area contributed by atoms with Gasteiger partial charge in [-0.05, 0) is 61.4 Å². The van der Waals surface area contributed by atoms with E-state index in [1.165, 1.54) is 30.6 Å². The summed E-state index contributed by atoms with van der Waals surface area (Å²) < 4.78 is 13.2. The van der Waals surface area contributed by atoms with Crippen molar-refractivity contribution in [2.75, 3.05) is 18.8 Å². The highest BCUT2D eigenvalue weighted by Crippen LogP contribution is 2.35. The van der Waals surface area contributed by atoms with Crippen LogP contribution in [0.2, 0.25) is 0 Å². The lowest BCUT2D eigenvalue weighted by Gasteiger charge is -2.32. The van der Waals surface area contributed by atoms with Crippen LogP contribution in [-0.4, -0.2) is 48.8 Å². The minimum absolute atomic E-state index is 0.0798. The molecule has 0 aliphatic carbocycles. The van der Waals surface area contributed by atoms with Crippen molar-refractivity contribution in [3.8, 4) is 28.5 Å². The highest BCUT2D eigenvalue weighted by molar-refractivity contribution is 5.98. The Bertz CT molecular complexity index is 1710. The number of anilines is 1. The number of nitro groups is 1. The lowest BCUT2D eigenvalue weighted by atomic mass is 10.1. The molecule has 0 bridgehead atoms. The maximum absolute atomic E-state index is 13.0. The SMILES string of the molecule is Nc1ncnc2c1c(-c1ccc(Oc3ccccc3)cc1)nn2C1CCCN(C(=O)Oc2ccc([N+](=O)[O-])cc2)C1. The van der Waals surface area contributed by atoms with E-state index in [9.17, 15) is 14.9 Å². The monoisotopic (exact) mass is 551 g/mol. The molecule has 12 nitrogen and oxygen atoms in total. The number of nitrogen functional groups attached to an aromatic ring is 1. The Hall–Kier alpha value is -5.52. The molecule has 12 heteroatoms. The Kier molecular flexibility index (Phi) is 6.86. The van der Waals surface area contributed by atoms with Crippen molar-refractivity contribution in [2.24, 2.45) is 0 Å². The number of benzene rings is 3. The number of para-hydroxylation sites is 1. The van der Waals surface area contributed by atoms with Crippen molar-refractivity contribution < 1.29 is 19.2 Å². The largest absolute Gasteiger partial charge is 0.457 e. The van der Waals surface area contributed by atoms with Crippen LogP contribution in [0.25, 0.3) is 22.3 Å². The second-order valence-electron chi connectivity index (χ2n) is 9.55. The lowest BCUT2D eigenvalue weighted by molar-refractivity contribution is -0.384. The van der Waals surface area contributed by atoms with Crippen molar-refractivity contribution in [1.29, 1.82) is 0 Å². The molecular weight excluding hydrogens is 526 g/mol. The van der Waals surface area contributed by atoms with Gasteiger partial charge in [-0.2, -0.15) is 5.10 Å². The second-order valence-corrected chi connectivity index (χ2v) is 9.55. The summed E-state index contributed by atoms with van der Waals surface area (Å²) in [5.74, 6) is 1.96. The lowest BCUT2D eigenvalue weighted by Crippen LogP contribution is -2.42. The number of non-ortho nitro benzene ring substituents is 1. The van der Waals surface area contributed by atoms with E-state index < -0.39 is 11.0 Å². The molecule has 3 heterocycles. The van der Waals surface area contributed by atoms with Gasteiger partial charge in [0.15, 0.2) is 5.65 Å². The van der Waals surface area contributed by atoms with E-state index in [1.807, 2.05) is 59.3 Å². The molecule has 5 aromatic rings. The number of amides is 1. The summed E-state index contributed by atoms with van der Waals surface area (Å²) in [6.07, 6.45) is 2.36. The molecule has 1 atom stereocenters. The molecule has 2 aromatic heterocycles. The minimum atomic E-state index is -0.539. The summed E-state index contributed by atoms with van der Waals surface area (Å²) in [7, 11) is 0. The Balaban J connectivity index is 1.24. The van der Waals surface area contributed by atoms with E-state index in [1.54, 1.807) is 4.90 Å². The third-order valence-corrected chi connectivity index (χ3v) is 6.88. The van der Waals surface area contributed by atoms with Gasteiger partial charge in [-0.15, -0.1) is 0 Å². The molecule has 0 saturated carbocycles. The van der Waals surface area contributed by atoms with Gasteiger partial charge in [-0.1, -0.05) is 18.2 Å². The van der Waals surface area contributed by atoms with E-state index in [4.69, 9.17) is 20.3 Å². The second kappa shape index (κ2) is 10.9. The molecule has 2 N–H and O–H groups in total. The van der Waals surface area contributed by atoms with Crippen LogP contribution < -0.4 is 15.2 Å². The normalized spacial score (nSPS) is 15.0. The number of carbonyl (C=O) groups excluding carboxylic acids is 1. The molecule has 0 spiro atoms. The number of fused-ring (bicyclic) bond motifs is 1. The predicted octanol–water partition coefficient (Wildman–Crippen LogP) is 5.61. The zero-order chi connectivity index (χ0) is 28.3. The Morgan fingerprint density at radius 2 is 1.66 bits per heavy atom. The molecule has 0 radical (unpaired) electrons. The summed E-state index contributed by atoms with van der Waals surface area (Å²) >= 11 is 0. The van der Waals surface area contributed by atoms with E-state index in [2.05, 4.69) is 9.97 Å². The van der Waals surface area contributed by atoms with Crippen molar-refractivity contribution in [2.45, 2.75) is 18.9 Å². The van der Waals surface area contributed by atoms with Crippen LogP contribution in [0, 0.1) is 10.1 Å². The first kappa shape index (κ1) is 25.7. The van der Waals surface area contributed by atoms with Crippen molar-refractivity contribution in [1.82, 2.24) is 24.6 Å².